The van der Waals surface area contributed by atoms with Crippen LogP contribution in [0.25, 0.3) is 0 Å². The predicted octanol–water partition coefficient (Wildman–Crippen LogP) is 5.39. The molecule has 2 atom stereocenters. The smallest absolute Gasteiger partial charge is 0.159 e. The zero-order valence-corrected chi connectivity index (χ0v) is 17.7. The Hall–Kier alpha value is -0.420. The van der Waals surface area contributed by atoms with Gasteiger partial charge < -0.3 is 5.32 Å². The van der Waals surface area contributed by atoms with Crippen LogP contribution in [0.2, 0.25) is 5.02 Å². The van der Waals surface area contributed by atoms with Gasteiger partial charge in [-0.05, 0) is 48.3 Å². The van der Waals surface area contributed by atoms with E-state index < -0.39 is 0 Å². The number of nitrogens with one attached hydrogen (secondary N) is 1. The first kappa shape index (κ1) is 20.9. The molecule has 140 valence electrons. The minimum Gasteiger partial charge on any atom is -0.352 e. The summed E-state index contributed by atoms with van der Waals surface area (Å²) in [6.07, 6.45) is 3.92. The minimum absolute atomic E-state index is 0. The summed E-state index contributed by atoms with van der Waals surface area (Å²) in [5.41, 5.74) is 1.69. The van der Waals surface area contributed by atoms with Crippen molar-refractivity contribution in [2.24, 2.45) is 16.3 Å². The van der Waals surface area contributed by atoms with Gasteiger partial charge in [-0.2, -0.15) is 0 Å². The molecule has 1 aliphatic heterocycles. The maximum absolute atomic E-state index is 6.04. The molecule has 1 fully saturated rings. The Balaban J connectivity index is 0.00000225. The fourth-order valence-electron chi connectivity index (χ4n) is 4.12. The molecule has 2 unspecified atom stereocenters. The van der Waals surface area contributed by atoms with E-state index in [0.717, 1.165) is 35.2 Å². The first-order chi connectivity index (χ1) is 11.4. The van der Waals surface area contributed by atoms with E-state index in [1.54, 1.807) is 11.8 Å². The Morgan fingerprint density at radius 2 is 2.16 bits per heavy atom. The lowest BCUT2D eigenvalue weighted by Gasteiger charge is -2.44. The van der Waals surface area contributed by atoms with Crippen molar-refractivity contribution in [3.05, 3.63) is 34.9 Å². The van der Waals surface area contributed by atoms with E-state index in [1.165, 1.54) is 24.8 Å². The SMILES string of the molecule is CC1CC(N2CN=C(SCc3cccc(Cl)c3)NC2)CC(C)(C)C1.Cl. The molecular formula is C19H29Cl2N3S. The number of aliphatic imine (C=N–C) groups is 1. The van der Waals surface area contributed by atoms with Crippen molar-refractivity contribution >= 4 is 40.9 Å². The molecule has 1 saturated carbocycles. The Morgan fingerprint density at radius 1 is 1.36 bits per heavy atom. The van der Waals surface area contributed by atoms with Crippen molar-refractivity contribution in [1.82, 2.24) is 10.2 Å². The molecule has 0 saturated heterocycles. The van der Waals surface area contributed by atoms with E-state index in [2.05, 4.69) is 37.1 Å². The molecule has 6 heteroatoms. The third kappa shape index (κ3) is 6.06. The lowest BCUT2D eigenvalue weighted by molar-refractivity contribution is 0.0642. The Bertz CT molecular complexity index is 606. The minimum atomic E-state index is 0. The van der Waals surface area contributed by atoms with Crippen LogP contribution in [-0.4, -0.2) is 29.4 Å². The second-order valence-electron chi connectivity index (χ2n) is 8.01. The standard InChI is InChI=1S/C19H28ClN3S.ClH/c1-14-7-17(10-19(2,3)9-14)23-12-21-18(22-13-23)24-11-15-5-4-6-16(20)8-15;/h4-6,8,14,17H,7,9-13H2,1-3H3,(H,21,22);1H. The number of hydrogen-bond donors (Lipinski definition) is 1. The second-order valence-corrected chi connectivity index (χ2v) is 9.41. The summed E-state index contributed by atoms with van der Waals surface area (Å²) in [7, 11) is 0. The van der Waals surface area contributed by atoms with Crippen LogP contribution >= 0.6 is 35.8 Å². The molecule has 3 nitrogen and oxygen atoms in total. The number of rotatable bonds is 3. The largest absolute Gasteiger partial charge is 0.352 e. The lowest BCUT2D eigenvalue weighted by Crippen LogP contribution is -2.50. The molecule has 0 spiro atoms. The van der Waals surface area contributed by atoms with Crippen LogP contribution in [0, 0.1) is 11.3 Å². The zero-order valence-electron chi connectivity index (χ0n) is 15.3. The van der Waals surface area contributed by atoms with Gasteiger partial charge in [-0.1, -0.05) is 56.3 Å². The van der Waals surface area contributed by atoms with Gasteiger partial charge in [0.2, 0.25) is 0 Å². The molecule has 0 amide bonds. The van der Waals surface area contributed by atoms with Gasteiger partial charge >= 0.3 is 0 Å². The van der Waals surface area contributed by atoms with Crippen molar-refractivity contribution in [2.45, 2.75) is 51.8 Å². The quantitative estimate of drug-likeness (QED) is 0.735. The summed E-state index contributed by atoms with van der Waals surface area (Å²) in [5, 5.41) is 5.35. The first-order valence-electron chi connectivity index (χ1n) is 8.81. The second kappa shape index (κ2) is 8.98. The summed E-state index contributed by atoms with van der Waals surface area (Å²) < 4.78 is 0. The molecule has 2 aliphatic rings. The number of thioether (sulfide) groups is 1. The van der Waals surface area contributed by atoms with E-state index in [4.69, 9.17) is 16.6 Å². The van der Waals surface area contributed by atoms with Crippen molar-refractivity contribution in [1.29, 1.82) is 0 Å². The molecule has 1 N–H and O–H groups in total. The summed E-state index contributed by atoms with van der Waals surface area (Å²) >= 11 is 7.81. The molecule has 1 aromatic carbocycles. The van der Waals surface area contributed by atoms with Crippen LogP contribution in [-0.2, 0) is 5.75 Å². The van der Waals surface area contributed by atoms with Gasteiger partial charge in [0.15, 0.2) is 5.17 Å². The Morgan fingerprint density at radius 3 is 2.80 bits per heavy atom. The van der Waals surface area contributed by atoms with E-state index in [-0.39, 0.29) is 12.4 Å². The number of benzene rings is 1. The van der Waals surface area contributed by atoms with Gasteiger partial charge in [-0.15, -0.1) is 12.4 Å². The molecule has 0 radical (unpaired) electrons. The number of nitrogens with zero attached hydrogens (tertiary/aromatic N) is 2. The average molecular weight is 402 g/mol. The zero-order chi connectivity index (χ0) is 17.2. The van der Waals surface area contributed by atoms with Crippen molar-refractivity contribution in [3.63, 3.8) is 0 Å². The molecule has 25 heavy (non-hydrogen) atoms. The molecular weight excluding hydrogens is 373 g/mol. The highest BCUT2D eigenvalue weighted by Crippen LogP contribution is 2.40. The van der Waals surface area contributed by atoms with E-state index >= 15 is 0 Å². The molecule has 1 heterocycles. The number of hydrogen-bond acceptors (Lipinski definition) is 4. The number of amidine groups is 1. The molecule has 3 rings (SSSR count). The summed E-state index contributed by atoms with van der Waals surface area (Å²) in [6, 6.07) is 8.70. The van der Waals surface area contributed by atoms with Crippen LogP contribution in [0.4, 0.5) is 0 Å². The third-order valence-corrected chi connectivity index (χ3v) is 6.23. The summed E-state index contributed by atoms with van der Waals surface area (Å²) in [5.74, 6) is 1.71. The molecule has 1 aromatic rings. The highest BCUT2D eigenvalue weighted by molar-refractivity contribution is 8.13. The van der Waals surface area contributed by atoms with Crippen LogP contribution in [0.1, 0.15) is 45.6 Å². The van der Waals surface area contributed by atoms with Gasteiger partial charge in [-0.25, -0.2) is 4.99 Å². The normalized spacial score (nSPS) is 26.3. The predicted molar refractivity (Wildman–Crippen MR) is 113 cm³/mol. The Labute approximate surface area is 167 Å². The van der Waals surface area contributed by atoms with Crippen LogP contribution in [0.5, 0.6) is 0 Å². The van der Waals surface area contributed by atoms with Gasteiger partial charge in [0.25, 0.3) is 0 Å². The highest BCUT2D eigenvalue weighted by atomic mass is 35.5. The monoisotopic (exact) mass is 401 g/mol. The van der Waals surface area contributed by atoms with E-state index in [0.29, 0.717) is 11.5 Å². The molecule has 0 bridgehead atoms. The third-order valence-electron chi connectivity index (χ3n) is 4.97. The molecule has 0 aromatic heterocycles. The van der Waals surface area contributed by atoms with Crippen molar-refractivity contribution in [2.75, 3.05) is 13.3 Å². The fraction of sp³-hybridized carbons (Fsp3) is 0.632. The van der Waals surface area contributed by atoms with E-state index in [1.807, 2.05) is 18.2 Å². The van der Waals surface area contributed by atoms with Crippen LogP contribution in [0.3, 0.4) is 0 Å². The summed E-state index contributed by atoms with van der Waals surface area (Å²) in [6.45, 7) is 8.93. The molecule has 1 aliphatic carbocycles. The first-order valence-corrected chi connectivity index (χ1v) is 10.2. The maximum Gasteiger partial charge on any atom is 0.159 e. The topological polar surface area (TPSA) is 27.6 Å². The van der Waals surface area contributed by atoms with Crippen molar-refractivity contribution < 1.29 is 0 Å². The lowest BCUT2D eigenvalue weighted by atomic mass is 9.70. The Kier molecular flexibility index (Phi) is 7.51. The van der Waals surface area contributed by atoms with Crippen LogP contribution in [0.15, 0.2) is 29.3 Å². The van der Waals surface area contributed by atoms with E-state index in [9.17, 15) is 0 Å². The number of halogens is 2. The maximum atomic E-state index is 6.04. The van der Waals surface area contributed by atoms with Gasteiger partial charge in [0.05, 0.1) is 13.3 Å². The highest BCUT2D eigenvalue weighted by Gasteiger charge is 2.35. The average Bonchev–Trinajstić information content (AvgIpc) is 2.51. The van der Waals surface area contributed by atoms with Crippen molar-refractivity contribution in [3.8, 4) is 0 Å². The summed E-state index contributed by atoms with van der Waals surface area (Å²) in [4.78, 5) is 7.26. The van der Waals surface area contributed by atoms with Crippen LogP contribution < -0.4 is 5.32 Å². The van der Waals surface area contributed by atoms with Gasteiger partial charge in [0, 0.05) is 16.8 Å². The fourth-order valence-corrected chi connectivity index (χ4v) is 5.14. The van der Waals surface area contributed by atoms with Gasteiger partial charge in [0.1, 0.15) is 0 Å². The van der Waals surface area contributed by atoms with Gasteiger partial charge in [-0.3, -0.25) is 4.90 Å².